The number of benzene rings is 1. The van der Waals surface area contributed by atoms with Crippen molar-refractivity contribution in [2.24, 2.45) is 4.99 Å². The predicted molar refractivity (Wildman–Crippen MR) is 146 cm³/mol. The lowest BCUT2D eigenvalue weighted by Crippen LogP contribution is -2.48. The van der Waals surface area contributed by atoms with Crippen molar-refractivity contribution in [2.45, 2.75) is 52.6 Å². The molecule has 1 saturated heterocycles. The first-order valence-corrected chi connectivity index (χ1v) is 11.6. The number of rotatable bonds is 9. The van der Waals surface area contributed by atoms with Gasteiger partial charge >= 0.3 is 0 Å². The summed E-state index contributed by atoms with van der Waals surface area (Å²) < 4.78 is 12.9. The van der Waals surface area contributed by atoms with Gasteiger partial charge in [-0.05, 0) is 46.1 Å². The quantitative estimate of drug-likeness (QED) is 0.207. The minimum atomic E-state index is 0. The van der Waals surface area contributed by atoms with E-state index in [9.17, 15) is 0 Å². The molecule has 2 N–H and O–H groups in total. The average Bonchev–Trinajstić information content (AvgIpc) is 3.13. The lowest BCUT2D eigenvalue weighted by atomic mass is 10.0. The molecule has 2 heterocycles. The van der Waals surface area contributed by atoms with Crippen LogP contribution in [-0.2, 0) is 6.54 Å². The van der Waals surface area contributed by atoms with Crippen LogP contribution in [0.2, 0.25) is 0 Å². The van der Waals surface area contributed by atoms with Gasteiger partial charge in [0.05, 0.1) is 19.9 Å². The van der Waals surface area contributed by atoms with Crippen LogP contribution in [0.25, 0.3) is 0 Å². The van der Waals surface area contributed by atoms with Gasteiger partial charge < -0.3 is 25.0 Å². The molecule has 1 aromatic heterocycles. The Morgan fingerprint density at radius 2 is 1.76 bits per heavy atom. The van der Waals surface area contributed by atoms with Gasteiger partial charge in [0, 0.05) is 68.3 Å². The van der Waals surface area contributed by atoms with Gasteiger partial charge in [0.2, 0.25) is 0 Å². The van der Waals surface area contributed by atoms with Crippen molar-refractivity contribution < 1.29 is 9.47 Å². The maximum absolute atomic E-state index is 5.42. The van der Waals surface area contributed by atoms with Gasteiger partial charge in [-0.3, -0.25) is 9.67 Å². The van der Waals surface area contributed by atoms with Crippen molar-refractivity contribution in [3.05, 3.63) is 35.7 Å². The summed E-state index contributed by atoms with van der Waals surface area (Å²) in [6, 6.07) is 8.58. The number of methoxy groups -OCH3 is 2. The third-order valence-corrected chi connectivity index (χ3v) is 5.78. The Kier molecular flexibility index (Phi) is 11.1. The Balaban J connectivity index is 0.00000385. The van der Waals surface area contributed by atoms with Gasteiger partial charge in [-0.2, -0.15) is 5.10 Å². The van der Waals surface area contributed by atoms with Crippen LogP contribution < -0.4 is 25.0 Å². The Morgan fingerprint density at radius 3 is 2.30 bits per heavy atom. The molecule has 3 rings (SSSR count). The number of ether oxygens (including phenoxy) is 2. The maximum Gasteiger partial charge on any atom is 0.191 e. The zero-order chi connectivity index (χ0) is 22.9. The van der Waals surface area contributed by atoms with Crippen LogP contribution in [0, 0.1) is 13.8 Å². The molecule has 0 unspecified atom stereocenters. The van der Waals surface area contributed by atoms with Crippen molar-refractivity contribution in [2.75, 3.05) is 45.3 Å². The number of piperidine rings is 1. The fourth-order valence-electron chi connectivity index (χ4n) is 4.08. The highest BCUT2D eigenvalue weighted by Crippen LogP contribution is 2.30. The fraction of sp³-hybridized carbons (Fsp3) is 0.583. The summed E-state index contributed by atoms with van der Waals surface area (Å²) in [6.07, 6.45) is 3.07. The van der Waals surface area contributed by atoms with Crippen LogP contribution in [-0.4, -0.2) is 62.2 Å². The van der Waals surface area contributed by atoms with Crippen molar-refractivity contribution in [1.29, 1.82) is 0 Å². The SMILES string of the molecule is CCNC(=NCCCn1nc(C)cc1C)NC1CCN(c2cc(OC)cc(OC)c2)CC1.I. The standard InChI is InChI=1S/C24H38N6O2.HI/c1-6-25-24(26-10-7-11-30-19(3)14-18(2)28-30)27-20-8-12-29(13-9-20)21-15-22(31-4)17-23(16-21)32-5;/h14-17,20H,6-13H2,1-5H3,(H2,25,26,27);1H. The van der Waals surface area contributed by atoms with E-state index in [1.807, 2.05) is 13.0 Å². The molecule has 1 aliphatic rings. The van der Waals surface area contributed by atoms with E-state index in [0.29, 0.717) is 6.04 Å². The summed E-state index contributed by atoms with van der Waals surface area (Å²) in [5, 5.41) is 11.5. The summed E-state index contributed by atoms with van der Waals surface area (Å²) in [5.41, 5.74) is 3.42. The van der Waals surface area contributed by atoms with Crippen LogP contribution in [0.3, 0.4) is 0 Å². The molecular weight excluding hydrogens is 531 g/mol. The van der Waals surface area contributed by atoms with E-state index in [2.05, 4.69) is 57.4 Å². The van der Waals surface area contributed by atoms with E-state index in [-0.39, 0.29) is 24.0 Å². The molecule has 9 heteroatoms. The normalized spacial score (nSPS) is 14.6. The molecule has 1 aliphatic heterocycles. The topological polar surface area (TPSA) is 75.9 Å². The first-order valence-electron chi connectivity index (χ1n) is 11.6. The molecule has 0 radical (unpaired) electrons. The largest absolute Gasteiger partial charge is 0.497 e. The van der Waals surface area contributed by atoms with Crippen LogP contribution in [0.1, 0.15) is 37.6 Å². The zero-order valence-corrected chi connectivity index (χ0v) is 22.9. The Morgan fingerprint density at radius 1 is 1.09 bits per heavy atom. The summed E-state index contributed by atoms with van der Waals surface area (Å²) in [4.78, 5) is 7.18. The van der Waals surface area contributed by atoms with Crippen LogP contribution in [0.4, 0.5) is 5.69 Å². The lowest BCUT2D eigenvalue weighted by molar-refractivity contribution is 0.393. The molecule has 1 fully saturated rings. The third kappa shape index (κ3) is 7.97. The highest BCUT2D eigenvalue weighted by atomic mass is 127. The fourth-order valence-corrected chi connectivity index (χ4v) is 4.08. The third-order valence-electron chi connectivity index (χ3n) is 5.78. The second-order valence-corrected chi connectivity index (χ2v) is 8.24. The smallest absolute Gasteiger partial charge is 0.191 e. The molecule has 8 nitrogen and oxygen atoms in total. The molecule has 0 aliphatic carbocycles. The van der Waals surface area contributed by atoms with Crippen molar-refractivity contribution >= 4 is 35.6 Å². The molecule has 1 aromatic carbocycles. The Hall–Kier alpha value is -2.17. The molecule has 0 saturated carbocycles. The zero-order valence-electron chi connectivity index (χ0n) is 20.6. The highest BCUT2D eigenvalue weighted by Gasteiger charge is 2.21. The van der Waals surface area contributed by atoms with Gasteiger partial charge in [0.15, 0.2) is 5.96 Å². The number of aromatic nitrogens is 2. The number of hydrogen-bond donors (Lipinski definition) is 2. The summed E-state index contributed by atoms with van der Waals surface area (Å²) >= 11 is 0. The number of nitrogens with one attached hydrogen (secondary N) is 2. The number of hydrogen-bond acceptors (Lipinski definition) is 5. The van der Waals surface area contributed by atoms with E-state index < -0.39 is 0 Å². The van der Waals surface area contributed by atoms with Gasteiger partial charge in [-0.1, -0.05) is 0 Å². The Labute approximate surface area is 215 Å². The van der Waals surface area contributed by atoms with E-state index in [0.717, 1.165) is 80.8 Å². The summed E-state index contributed by atoms with van der Waals surface area (Å²) in [6.45, 7) is 10.7. The second-order valence-electron chi connectivity index (χ2n) is 8.24. The minimum Gasteiger partial charge on any atom is -0.497 e. The van der Waals surface area contributed by atoms with Crippen molar-refractivity contribution in [1.82, 2.24) is 20.4 Å². The number of halogens is 1. The highest BCUT2D eigenvalue weighted by molar-refractivity contribution is 14.0. The van der Waals surface area contributed by atoms with E-state index >= 15 is 0 Å². The molecule has 33 heavy (non-hydrogen) atoms. The molecule has 0 atom stereocenters. The van der Waals surface area contributed by atoms with Crippen molar-refractivity contribution in [3.8, 4) is 11.5 Å². The molecular formula is C24H39IN6O2. The number of aliphatic imine (C=N–C) groups is 1. The van der Waals surface area contributed by atoms with Gasteiger partial charge in [-0.15, -0.1) is 24.0 Å². The van der Waals surface area contributed by atoms with Gasteiger partial charge in [0.25, 0.3) is 0 Å². The van der Waals surface area contributed by atoms with Gasteiger partial charge in [0.1, 0.15) is 11.5 Å². The van der Waals surface area contributed by atoms with Crippen molar-refractivity contribution in [3.63, 3.8) is 0 Å². The van der Waals surface area contributed by atoms with E-state index in [1.165, 1.54) is 5.69 Å². The first kappa shape index (κ1) is 27.1. The van der Waals surface area contributed by atoms with Crippen LogP contribution in [0.5, 0.6) is 11.5 Å². The lowest BCUT2D eigenvalue weighted by Gasteiger charge is -2.34. The Bertz CT molecular complexity index is 871. The number of guanidine groups is 1. The summed E-state index contributed by atoms with van der Waals surface area (Å²) in [7, 11) is 3.38. The van der Waals surface area contributed by atoms with Gasteiger partial charge in [-0.25, -0.2) is 0 Å². The first-order chi connectivity index (χ1) is 15.5. The number of anilines is 1. The molecule has 0 spiro atoms. The van der Waals surface area contributed by atoms with Crippen LogP contribution >= 0.6 is 24.0 Å². The molecule has 2 aromatic rings. The molecule has 0 bridgehead atoms. The van der Waals surface area contributed by atoms with E-state index in [4.69, 9.17) is 14.5 Å². The maximum atomic E-state index is 5.42. The average molecular weight is 571 g/mol. The summed E-state index contributed by atoms with van der Waals surface area (Å²) in [5.74, 6) is 2.55. The second kappa shape index (κ2) is 13.5. The molecule has 184 valence electrons. The predicted octanol–water partition coefficient (Wildman–Crippen LogP) is 3.75. The monoisotopic (exact) mass is 570 g/mol. The minimum absolute atomic E-state index is 0. The number of nitrogens with zero attached hydrogens (tertiary/aromatic N) is 4. The van der Waals surface area contributed by atoms with Crippen LogP contribution in [0.15, 0.2) is 29.3 Å². The van der Waals surface area contributed by atoms with E-state index in [1.54, 1.807) is 14.2 Å². The number of aryl methyl sites for hydroxylation is 3. The molecule has 0 amide bonds.